The molecule has 2 aromatic rings. The van der Waals surface area contributed by atoms with Gasteiger partial charge < -0.3 is 4.74 Å². The highest BCUT2D eigenvalue weighted by Crippen LogP contribution is 2.34. The standard InChI is InChI=1S/C20H27OP/c1-21-17-11-3-2-4-12-18-22(19-13-7-5-8-14-19)20-15-9-6-10-16-20/h5-10,13-16H,2-4,11-12,17-18H2,1H3. The van der Waals surface area contributed by atoms with Crippen molar-refractivity contribution < 1.29 is 4.74 Å². The van der Waals surface area contributed by atoms with Gasteiger partial charge in [0.15, 0.2) is 0 Å². The molecule has 0 atom stereocenters. The largest absolute Gasteiger partial charge is 0.385 e. The van der Waals surface area contributed by atoms with Gasteiger partial charge >= 0.3 is 0 Å². The molecule has 2 aromatic carbocycles. The smallest absolute Gasteiger partial charge is 0.0462 e. The van der Waals surface area contributed by atoms with E-state index in [2.05, 4.69) is 60.7 Å². The molecule has 0 bridgehead atoms. The van der Waals surface area contributed by atoms with E-state index in [1.807, 2.05) is 0 Å². The second kappa shape index (κ2) is 10.5. The van der Waals surface area contributed by atoms with Crippen LogP contribution in [0, 0.1) is 0 Å². The minimum absolute atomic E-state index is 0.203. The Bertz CT molecular complexity index is 458. The monoisotopic (exact) mass is 314 g/mol. The van der Waals surface area contributed by atoms with Crippen molar-refractivity contribution in [2.75, 3.05) is 19.9 Å². The predicted molar refractivity (Wildman–Crippen MR) is 98.9 cm³/mol. The van der Waals surface area contributed by atoms with Crippen molar-refractivity contribution in [2.45, 2.75) is 32.1 Å². The van der Waals surface area contributed by atoms with Crippen molar-refractivity contribution in [3.63, 3.8) is 0 Å². The molecule has 1 nitrogen and oxygen atoms in total. The van der Waals surface area contributed by atoms with Crippen molar-refractivity contribution in [3.05, 3.63) is 60.7 Å². The summed E-state index contributed by atoms with van der Waals surface area (Å²) >= 11 is 0. The Labute approximate surface area is 136 Å². The molecule has 0 N–H and O–H groups in total. The molecule has 0 amide bonds. The molecule has 0 saturated heterocycles. The van der Waals surface area contributed by atoms with Crippen LogP contribution in [0.1, 0.15) is 32.1 Å². The number of hydrogen-bond acceptors (Lipinski definition) is 1. The maximum absolute atomic E-state index is 5.11. The van der Waals surface area contributed by atoms with E-state index in [1.165, 1.54) is 48.9 Å². The number of ether oxygens (including phenoxy) is 1. The summed E-state index contributed by atoms with van der Waals surface area (Å²) in [4.78, 5) is 0. The summed E-state index contributed by atoms with van der Waals surface area (Å²) in [5.41, 5.74) is 0. The second-order valence-corrected chi connectivity index (χ2v) is 7.92. The fraction of sp³-hybridized carbons (Fsp3) is 0.400. The zero-order valence-electron chi connectivity index (χ0n) is 13.6. The molecule has 0 spiro atoms. The third-order valence-corrected chi connectivity index (χ3v) is 6.47. The van der Waals surface area contributed by atoms with Gasteiger partial charge in [0.25, 0.3) is 0 Å². The van der Waals surface area contributed by atoms with E-state index in [9.17, 15) is 0 Å². The minimum Gasteiger partial charge on any atom is -0.385 e. The quantitative estimate of drug-likeness (QED) is 0.455. The van der Waals surface area contributed by atoms with Gasteiger partial charge in [0, 0.05) is 13.7 Å². The normalized spacial score (nSPS) is 11.0. The van der Waals surface area contributed by atoms with Crippen LogP contribution in [0.25, 0.3) is 0 Å². The summed E-state index contributed by atoms with van der Waals surface area (Å²) in [5.74, 6) is 0. The van der Waals surface area contributed by atoms with Crippen molar-refractivity contribution >= 4 is 18.5 Å². The lowest BCUT2D eigenvalue weighted by atomic mass is 10.2. The summed E-state index contributed by atoms with van der Waals surface area (Å²) in [7, 11) is 1.58. The van der Waals surface area contributed by atoms with E-state index >= 15 is 0 Å². The third kappa shape index (κ3) is 5.91. The number of methoxy groups -OCH3 is 1. The molecule has 0 unspecified atom stereocenters. The first kappa shape index (κ1) is 17.2. The fourth-order valence-electron chi connectivity index (χ4n) is 2.67. The van der Waals surface area contributed by atoms with Crippen LogP contribution >= 0.6 is 7.92 Å². The van der Waals surface area contributed by atoms with Crippen LogP contribution in [-0.4, -0.2) is 19.9 Å². The Morgan fingerprint density at radius 1 is 0.682 bits per heavy atom. The van der Waals surface area contributed by atoms with Crippen LogP contribution in [0.5, 0.6) is 0 Å². The molecule has 0 saturated carbocycles. The maximum Gasteiger partial charge on any atom is 0.0462 e. The summed E-state index contributed by atoms with van der Waals surface area (Å²) in [6, 6.07) is 22.0. The molecule has 118 valence electrons. The number of benzene rings is 2. The Balaban J connectivity index is 1.87. The van der Waals surface area contributed by atoms with Gasteiger partial charge in [-0.1, -0.05) is 79.9 Å². The fourth-order valence-corrected chi connectivity index (χ4v) is 5.09. The summed E-state index contributed by atoms with van der Waals surface area (Å²) in [6.45, 7) is 0.904. The third-order valence-electron chi connectivity index (χ3n) is 3.87. The van der Waals surface area contributed by atoms with Crippen LogP contribution in [0.2, 0.25) is 0 Å². The van der Waals surface area contributed by atoms with Crippen molar-refractivity contribution in [1.29, 1.82) is 0 Å². The molecule has 0 aliphatic carbocycles. The first-order chi connectivity index (χ1) is 10.9. The van der Waals surface area contributed by atoms with E-state index in [1.54, 1.807) is 7.11 Å². The van der Waals surface area contributed by atoms with Gasteiger partial charge in [-0.15, -0.1) is 0 Å². The van der Waals surface area contributed by atoms with Crippen LogP contribution in [0.3, 0.4) is 0 Å². The molecule has 2 heteroatoms. The van der Waals surface area contributed by atoms with Gasteiger partial charge in [-0.3, -0.25) is 0 Å². The molecular formula is C20H27OP. The van der Waals surface area contributed by atoms with Crippen LogP contribution in [-0.2, 0) is 4.74 Å². The molecule has 0 heterocycles. The van der Waals surface area contributed by atoms with Gasteiger partial charge in [-0.2, -0.15) is 0 Å². The van der Waals surface area contributed by atoms with Gasteiger partial charge in [0.2, 0.25) is 0 Å². The van der Waals surface area contributed by atoms with E-state index in [0.717, 1.165) is 6.61 Å². The van der Waals surface area contributed by atoms with Crippen LogP contribution < -0.4 is 10.6 Å². The van der Waals surface area contributed by atoms with Crippen molar-refractivity contribution in [2.24, 2.45) is 0 Å². The zero-order valence-corrected chi connectivity index (χ0v) is 14.5. The topological polar surface area (TPSA) is 9.23 Å². The van der Waals surface area contributed by atoms with Crippen molar-refractivity contribution in [1.82, 2.24) is 0 Å². The number of rotatable bonds is 10. The van der Waals surface area contributed by atoms with Crippen molar-refractivity contribution in [3.8, 4) is 0 Å². The Morgan fingerprint density at radius 2 is 1.18 bits per heavy atom. The molecule has 0 aliphatic rings. The lowest BCUT2D eigenvalue weighted by Gasteiger charge is -2.18. The van der Waals surface area contributed by atoms with Gasteiger partial charge in [-0.05, 0) is 37.5 Å². The van der Waals surface area contributed by atoms with E-state index in [4.69, 9.17) is 4.74 Å². The van der Waals surface area contributed by atoms with E-state index in [0.29, 0.717) is 0 Å². The molecule has 0 aliphatic heterocycles. The first-order valence-electron chi connectivity index (χ1n) is 8.28. The molecule has 22 heavy (non-hydrogen) atoms. The SMILES string of the molecule is COCCCCCCCP(c1ccccc1)c1ccccc1. The number of hydrogen-bond donors (Lipinski definition) is 0. The lowest BCUT2D eigenvalue weighted by Crippen LogP contribution is -2.13. The van der Waals surface area contributed by atoms with Gasteiger partial charge in [-0.25, -0.2) is 0 Å². The lowest BCUT2D eigenvalue weighted by molar-refractivity contribution is 0.192. The van der Waals surface area contributed by atoms with Crippen LogP contribution in [0.4, 0.5) is 0 Å². The Hall–Kier alpha value is -1.17. The van der Waals surface area contributed by atoms with Crippen LogP contribution in [0.15, 0.2) is 60.7 Å². The highest BCUT2D eigenvalue weighted by molar-refractivity contribution is 7.73. The zero-order chi connectivity index (χ0) is 15.5. The molecular weight excluding hydrogens is 287 g/mol. The molecule has 2 rings (SSSR count). The average molecular weight is 314 g/mol. The molecule has 0 radical (unpaired) electrons. The maximum atomic E-state index is 5.11. The van der Waals surface area contributed by atoms with E-state index < -0.39 is 0 Å². The molecule has 0 aromatic heterocycles. The minimum atomic E-state index is -0.203. The highest BCUT2D eigenvalue weighted by Gasteiger charge is 2.12. The number of unbranched alkanes of at least 4 members (excludes halogenated alkanes) is 4. The predicted octanol–water partition coefficient (Wildman–Crippen LogP) is 4.72. The van der Waals surface area contributed by atoms with E-state index in [-0.39, 0.29) is 7.92 Å². The second-order valence-electron chi connectivity index (χ2n) is 5.58. The summed E-state index contributed by atoms with van der Waals surface area (Å²) in [5, 5.41) is 3.01. The average Bonchev–Trinajstić information content (AvgIpc) is 2.59. The van der Waals surface area contributed by atoms with Gasteiger partial charge in [0.05, 0.1) is 0 Å². The Kier molecular flexibility index (Phi) is 8.23. The first-order valence-corrected chi connectivity index (χ1v) is 9.81. The summed E-state index contributed by atoms with van der Waals surface area (Å²) in [6.07, 6.45) is 7.78. The highest BCUT2D eigenvalue weighted by atomic mass is 31.1. The molecule has 0 fully saturated rings. The summed E-state index contributed by atoms with van der Waals surface area (Å²) < 4.78 is 5.11. The Morgan fingerprint density at radius 3 is 1.73 bits per heavy atom. The van der Waals surface area contributed by atoms with Gasteiger partial charge in [0.1, 0.15) is 0 Å².